The lowest BCUT2D eigenvalue weighted by Gasteiger charge is -2.42. The van der Waals surface area contributed by atoms with Crippen LogP contribution in [0.5, 0.6) is 0 Å². The van der Waals surface area contributed by atoms with Gasteiger partial charge in [0.1, 0.15) is 0 Å². The van der Waals surface area contributed by atoms with Crippen LogP contribution in [0.3, 0.4) is 0 Å². The standard InChI is InChI=1S/C16H33N/c1-4-5-6-7-8-9-12-16(17)13-14(2)10-11-15(16)3/h14-15H,4-13,17H2,1-3H3. The first-order valence-corrected chi connectivity index (χ1v) is 7.87. The van der Waals surface area contributed by atoms with E-state index in [-0.39, 0.29) is 5.54 Å². The fourth-order valence-corrected chi connectivity index (χ4v) is 3.36. The molecule has 0 saturated heterocycles. The minimum atomic E-state index is 0.155. The predicted octanol–water partition coefficient (Wildman–Crippen LogP) is 4.89. The SMILES string of the molecule is CCCCCCCCC1(N)CC(C)CCC1C. The third-order valence-corrected chi connectivity index (χ3v) is 4.80. The lowest BCUT2D eigenvalue weighted by Crippen LogP contribution is -2.49. The molecule has 3 atom stereocenters. The zero-order chi connectivity index (χ0) is 12.7. The summed E-state index contributed by atoms with van der Waals surface area (Å²) in [7, 11) is 0. The second-order valence-corrected chi connectivity index (χ2v) is 6.54. The van der Waals surface area contributed by atoms with Gasteiger partial charge in [-0.25, -0.2) is 0 Å². The molecule has 0 bridgehead atoms. The van der Waals surface area contributed by atoms with Gasteiger partial charge in [0.25, 0.3) is 0 Å². The highest BCUT2D eigenvalue weighted by Crippen LogP contribution is 2.38. The Kier molecular flexibility index (Phi) is 6.54. The van der Waals surface area contributed by atoms with Crippen LogP contribution >= 0.6 is 0 Å². The van der Waals surface area contributed by atoms with E-state index in [1.54, 1.807) is 0 Å². The Hall–Kier alpha value is -0.0400. The van der Waals surface area contributed by atoms with Gasteiger partial charge in [0.15, 0.2) is 0 Å². The minimum Gasteiger partial charge on any atom is -0.325 e. The molecule has 3 unspecified atom stereocenters. The maximum absolute atomic E-state index is 6.63. The van der Waals surface area contributed by atoms with Crippen molar-refractivity contribution in [3.63, 3.8) is 0 Å². The number of hydrogen-bond acceptors (Lipinski definition) is 1. The summed E-state index contributed by atoms with van der Waals surface area (Å²) in [5, 5.41) is 0. The number of rotatable bonds is 7. The van der Waals surface area contributed by atoms with E-state index in [1.165, 1.54) is 64.2 Å². The van der Waals surface area contributed by atoms with Crippen molar-refractivity contribution in [2.24, 2.45) is 17.6 Å². The maximum atomic E-state index is 6.63. The highest BCUT2D eigenvalue weighted by atomic mass is 14.8. The fourth-order valence-electron chi connectivity index (χ4n) is 3.36. The van der Waals surface area contributed by atoms with Crippen LogP contribution < -0.4 is 5.73 Å². The molecule has 0 heterocycles. The first-order chi connectivity index (χ1) is 8.08. The molecule has 1 aliphatic rings. The first kappa shape index (κ1) is 15.0. The Bertz CT molecular complexity index is 202. The van der Waals surface area contributed by atoms with E-state index in [1.807, 2.05) is 0 Å². The second kappa shape index (κ2) is 7.41. The van der Waals surface area contributed by atoms with Crippen molar-refractivity contribution >= 4 is 0 Å². The summed E-state index contributed by atoms with van der Waals surface area (Å²) in [6.07, 6.45) is 13.5. The molecule has 0 aromatic heterocycles. The topological polar surface area (TPSA) is 26.0 Å². The van der Waals surface area contributed by atoms with Crippen molar-refractivity contribution in [1.29, 1.82) is 0 Å². The summed E-state index contributed by atoms with van der Waals surface area (Å²) in [6.45, 7) is 7.01. The Morgan fingerprint density at radius 2 is 1.65 bits per heavy atom. The van der Waals surface area contributed by atoms with Gasteiger partial charge in [-0.3, -0.25) is 0 Å². The summed E-state index contributed by atoms with van der Waals surface area (Å²) in [5.41, 5.74) is 6.79. The lowest BCUT2D eigenvalue weighted by atomic mass is 9.68. The van der Waals surface area contributed by atoms with E-state index in [4.69, 9.17) is 5.73 Å². The van der Waals surface area contributed by atoms with Crippen LogP contribution in [0.1, 0.15) is 85.0 Å². The van der Waals surface area contributed by atoms with Crippen molar-refractivity contribution in [2.75, 3.05) is 0 Å². The summed E-state index contributed by atoms with van der Waals surface area (Å²) < 4.78 is 0. The van der Waals surface area contributed by atoms with Crippen LogP contribution in [0.4, 0.5) is 0 Å². The Morgan fingerprint density at radius 3 is 2.35 bits per heavy atom. The normalized spacial score (nSPS) is 33.9. The summed E-state index contributed by atoms with van der Waals surface area (Å²) in [6, 6.07) is 0. The van der Waals surface area contributed by atoms with Gasteiger partial charge in [0, 0.05) is 5.54 Å². The molecule has 1 rings (SSSR count). The van der Waals surface area contributed by atoms with Crippen LogP contribution in [0.25, 0.3) is 0 Å². The molecule has 0 amide bonds. The van der Waals surface area contributed by atoms with E-state index in [0.717, 1.165) is 11.8 Å². The molecular formula is C16H33N. The third kappa shape index (κ3) is 4.99. The van der Waals surface area contributed by atoms with Gasteiger partial charge in [-0.15, -0.1) is 0 Å². The van der Waals surface area contributed by atoms with Gasteiger partial charge in [-0.1, -0.05) is 65.7 Å². The molecule has 0 aliphatic heterocycles. The molecule has 1 nitrogen and oxygen atoms in total. The van der Waals surface area contributed by atoms with Crippen molar-refractivity contribution in [3.8, 4) is 0 Å². The van der Waals surface area contributed by atoms with Gasteiger partial charge in [0.05, 0.1) is 0 Å². The van der Waals surface area contributed by atoms with Crippen molar-refractivity contribution in [3.05, 3.63) is 0 Å². The third-order valence-electron chi connectivity index (χ3n) is 4.80. The van der Waals surface area contributed by atoms with Gasteiger partial charge in [0.2, 0.25) is 0 Å². The highest BCUT2D eigenvalue weighted by molar-refractivity contribution is 4.94. The highest BCUT2D eigenvalue weighted by Gasteiger charge is 2.36. The molecule has 17 heavy (non-hydrogen) atoms. The van der Waals surface area contributed by atoms with Crippen LogP contribution in [-0.2, 0) is 0 Å². The zero-order valence-electron chi connectivity index (χ0n) is 12.3. The summed E-state index contributed by atoms with van der Waals surface area (Å²) in [4.78, 5) is 0. The predicted molar refractivity (Wildman–Crippen MR) is 77.1 cm³/mol. The first-order valence-electron chi connectivity index (χ1n) is 7.87. The number of unbranched alkanes of at least 4 members (excludes halogenated alkanes) is 5. The van der Waals surface area contributed by atoms with Gasteiger partial charge in [-0.05, 0) is 31.1 Å². The molecule has 0 spiro atoms. The largest absolute Gasteiger partial charge is 0.325 e. The quantitative estimate of drug-likeness (QED) is 0.629. The maximum Gasteiger partial charge on any atom is 0.0182 e. The molecule has 0 aromatic rings. The van der Waals surface area contributed by atoms with Crippen LogP contribution in [-0.4, -0.2) is 5.54 Å². The molecule has 1 fully saturated rings. The van der Waals surface area contributed by atoms with E-state index < -0.39 is 0 Å². The van der Waals surface area contributed by atoms with Crippen molar-refractivity contribution in [1.82, 2.24) is 0 Å². The molecule has 1 heteroatoms. The molecule has 0 radical (unpaired) electrons. The Balaban J connectivity index is 2.19. The van der Waals surface area contributed by atoms with Gasteiger partial charge < -0.3 is 5.73 Å². The summed E-state index contributed by atoms with van der Waals surface area (Å²) >= 11 is 0. The van der Waals surface area contributed by atoms with Crippen LogP contribution in [0.2, 0.25) is 0 Å². The number of hydrogen-bond donors (Lipinski definition) is 1. The van der Waals surface area contributed by atoms with E-state index in [0.29, 0.717) is 0 Å². The fraction of sp³-hybridized carbons (Fsp3) is 1.00. The zero-order valence-corrected chi connectivity index (χ0v) is 12.3. The molecule has 2 N–H and O–H groups in total. The monoisotopic (exact) mass is 239 g/mol. The average Bonchev–Trinajstić information content (AvgIpc) is 2.29. The molecular weight excluding hydrogens is 206 g/mol. The molecule has 1 aliphatic carbocycles. The lowest BCUT2D eigenvalue weighted by molar-refractivity contribution is 0.147. The summed E-state index contributed by atoms with van der Waals surface area (Å²) in [5.74, 6) is 1.57. The Labute approximate surface area is 109 Å². The van der Waals surface area contributed by atoms with E-state index >= 15 is 0 Å². The molecule has 0 aromatic carbocycles. The van der Waals surface area contributed by atoms with Crippen molar-refractivity contribution < 1.29 is 0 Å². The number of nitrogens with two attached hydrogens (primary N) is 1. The molecule has 102 valence electrons. The second-order valence-electron chi connectivity index (χ2n) is 6.54. The van der Waals surface area contributed by atoms with Crippen LogP contribution in [0, 0.1) is 11.8 Å². The van der Waals surface area contributed by atoms with Crippen LogP contribution in [0.15, 0.2) is 0 Å². The van der Waals surface area contributed by atoms with Gasteiger partial charge in [-0.2, -0.15) is 0 Å². The molecule has 1 saturated carbocycles. The van der Waals surface area contributed by atoms with E-state index in [9.17, 15) is 0 Å². The minimum absolute atomic E-state index is 0.155. The van der Waals surface area contributed by atoms with Crippen molar-refractivity contribution in [2.45, 2.75) is 90.5 Å². The Morgan fingerprint density at radius 1 is 1.00 bits per heavy atom. The van der Waals surface area contributed by atoms with E-state index in [2.05, 4.69) is 20.8 Å². The average molecular weight is 239 g/mol. The smallest absolute Gasteiger partial charge is 0.0182 e. The van der Waals surface area contributed by atoms with Gasteiger partial charge >= 0.3 is 0 Å².